The van der Waals surface area contributed by atoms with E-state index in [9.17, 15) is 5.11 Å². The van der Waals surface area contributed by atoms with Crippen LogP contribution in [0.5, 0.6) is 11.5 Å². The number of hydrogen-bond donors (Lipinski definition) is 1. The van der Waals surface area contributed by atoms with E-state index in [1.165, 1.54) is 0 Å². The molecule has 1 aliphatic rings. The Morgan fingerprint density at radius 2 is 2.00 bits per heavy atom. The highest BCUT2D eigenvalue weighted by Crippen LogP contribution is 2.42. The Kier molecular flexibility index (Phi) is 3.42. The molecule has 1 N–H and O–H groups in total. The second-order valence-electron chi connectivity index (χ2n) is 5.37. The van der Waals surface area contributed by atoms with Gasteiger partial charge in [0.15, 0.2) is 0 Å². The minimum atomic E-state index is -0.103. The molecule has 3 nitrogen and oxygen atoms in total. The van der Waals surface area contributed by atoms with E-state index < -0.39 is 0 Å². The SMILES string of the molecule is CCC1(CC)CN(C(C)C)c2cc(O)ccc2O1. The molecule has 0 bridgehead atoms. The molecule has 0 saturated carbocycles. The van der Waals surface area contributed by atoms with Crippen LogP contribution >= 0.6 is 0 Å². The largest absolute Gasteiger partial charge is 0.508 e. The van der Waals surface area contributed by atoms with Crippen LogP contribution in [0, 0.1) is 0 Å². The molecule has 0 fully saturated rings. The van der Waals surface area contributed by atoms with Gasteiger partial charge in [0.2, 0.25) is 0 Å². The fourth-order valence-corrected chi connectivity index (χ4v) is 2.56. The third-order valence-electron chi connectivity index (χ3n) is 3.95. The van der Waals surface area contributed by atoms with E-state index in [-0.39, 0.29) is 5.60 Å². The first kappa shape index (κ1) is 13.1. The fourth-order valence-electron chi connectivity index (χ4n) is 2.56. The van der Waals surface area contributed by atoms with Gasteiger partial charge in [-0.3, -0.25) is 0 Å². The molecule has 100 valence electrons. The number of phenolic OH excluding ortho intramolecular Hbond substituents is 1. The number of rotatable bonds is 3. The zero-order chi connectivity index (χ0) is 13.3. The van der Waals surface area contributed by atoms with E-state index >= 15 is 0 Å². The fraction of sp³-hybridized carbons (Fsp3) is 0.600. The maximum atomic E-state index is 9.65. The van der Waals surface area contributed by atoms with Crippen LogP contribution in [0.2, 0.25) is 0 Å². The van der Waals surface area contributed by atoms with Crippen molar-refractivity contribution in [1.29, 1.82) is 0 Å². The molecule has 0 spiro atoms. The number of fused-ring (bicyclic) bond motifs is 1. The van der Waals surface area contributed by atoms with E-state index in [4.69, 9.17) is 4.74 Å². The number of benzene rings is 1. The van der Waals surface area contributed by atoms with Gasteiger partial charge in [0.25, 0.3) is 0 Å². The molecular weight excluding hydrogens is 226 g/mol. The van der Waals surface area contributed by atoms with Crippen molar-refractivity contribution in [2.45, 2.75) is 52.2 Å². The summed E-state index contributed by atoms with van der Waals surface area (Å²) in [6.45, 7) is 9.58. The quantitative estimate of drug-likeness (QED) is 0.889. The number of nitrogens with zero attached hydrogens (tertiary/aromatic N) is 1. The normalized spacial score (nSPS) is 17.5. The predicted molar refractivity (Wildman–Crippen MR) is 74.5 cm³/mol. The van der Waals surface area contributed by atoms with Crippen LogP contribution in [0.4, 0.5) is 5.69 Å². The second-order valence-corrected chi connectivity index (χ2v) is 5.37. The van der Waals surface area contributed by atoms with Gasteiger partial charge in [0.05, 0.1) is 12.2 Å². The molecule has 1 aliphatic heterocycles. The van der Waals surface area contributed by atoms with Gasteiger partial charge in [-0.15, -0.1) is 0 Å². The number of aromatic hydroxyl groups is 1. The standard InChI is InChI=1S/C15H23NO2/c1-5-15(6-2)10-16(11(3)4)13-9-12(17)7-8-14(13)18-15/h7-9,11,17H,5-6,10H2,1-4H3. The lowest BCUT2D eigenvalue weighted by Gasteiger charge is -2.45. The Morgan fingerprint density at radius 3 is 2.56 bits per heavy atom. The molecule has 0 radical (unpaired) electrons. The molecule has 0 aromatic heterocycles. The van der Waals surface area contributed by atoms with Crippen molar-refractivity contribution in [2.24, 2.45) is 0 Å². The van der Waals surface area contributed by atoms with Crippen LogP contribution in [-0.4, -0.2) is 23.3 Å². The van der Waals surface area contributed by atoms with E-state index in [1.54, 1.807) is 12.1 Å². The molecule has 0 amide bonds. The van der Waals surface area contributed by atoms with Crippen LogP contribution in [0.1, 0.15) is 40.5 Å². The van der Waals surface area contributed by atoms with Crippen molar-refractivity contribution >= 4 is 5.69 Å². The minimum absolute atomic E-state index is 0.103. The lowest BCUT2D eigenvalue weighted by atomic mass is 9.93. The van der Waals surface area contributed by atoms with Crippen LogP contribution in [0.3, 0.4) is 0 Å². The first-order chi connectivity index (χ1) is 8.51. The molecule has 0 unspecified atom stereocenters. The van der Waals surface area contributed by atoms with Crippen LogP contribution in [-0.2, 0) is 0 Å². The number of anilines is 1. The summed E-state index contributed by atoms with van der Waals surface area (Å²) in [6, 6.07) is 5.76. The summed E-state index contributed by atoms with van der Waals surface area (Å²) >= 11 is 0. The van der Waals surface area contributed by atoms with Crippen molar-refractivity contribution in [3.63, 3.8) is 0 Å². The molecule has 1 heterocycles. The monoisotopic (exact) mass is 249 g/mol. The lowest BCUT2D eigenvalue weighted by Crippen LogP contribution is -2.52. The van der Waals surface area contributed by atoms with Gasteiger partial charge < -0.3 is 14.7 Å². The third kappa shape index (κ3) is 2.14. The molecular formula is C15H23NO2. The maximum Gasteiger partial charge on any atom is 0.143 e. The van der Waals surface area contributed by atoms with Crippen LogP contribution in [0.25, 0.3) is 0 Å². The number of hydrogen-bond acceptors (Lipinski definition) is 3. The molecule has 3 heteroatoms. The highest BCUT2D eigenvalue weighted by Gasteiger charge is 2.37. The predicted octanol–water partition coefficient (Wildman–Crippen LogP) is 3.56. The Balaban J connectivity index is 2.46. The van der Waals surface area contributed by atoms with E-state index in [2.05, 4.69) is 32.6 Å². The Morgan fingerprint density at radius 1 is 1.33 bits per heavy atom. The average Bonchev–Trinajstić information content (AvgIpc) is 2.37. The summed E-state index contributed by atoms with van der Waals surface area (Å²) < 4.78 is 6.20. The highest BCUT2D eigenvalue weighted by atomic mass is 16.5. The number of ether oxygens (including phenoxy) is 1. The average molecular weight is 249 g/mol. The minimum Gasteiger partial charge on any atom is -0.508 e. The smallest absolute Gasteiger partial charge is 0.143 e. The summed E-state index contributed by atoms with van der Waals surface area (Å²) in [6.07, 6.45) is 1.99. The van der Waals surface area contributed by atoms with E-state index in [0.29, 0.717) is 11.8 Å². The zero-order valence-electron chi connectivity index (χ0n) is 11.7. The Bertz CT molecular complexity index is 425. The van der Waals surface area contributed by atoms with Gasteiger partial charge in [-0.05, 0) is 38.8 Å². The van der Waals surface area contributed by atoms with Crippen molar-refractivity contribution < 1.29 is 9.84 Å². The summed E-state index contributed by atoms with van der Waals surface area (Å²) in [5, 5.41) is 9.65. The van der Waals surface area contributed by atoms with Crippen LogP contribution in [0.15, 0.2) is 18.2 Å². The number of phenols is 1. The summed E-state index contributed by atoms with van der Waals surface area (Å²) in [7, 11) is 0. The molecule has 0 aliphatic carbocycles. The Labute approximate surface area is 109 Å². The summed E-state index contributed by atoms with van der Waals surface area (Å²) in [4.78, 5) is 2.32. The van der Waals surface area contributed by atoms with Crippen LogP contribution < -0.4 is 9.64 Å². The molecule has 0 saturated heterocycles. The van der Waals surface area contributed by atoms with Crippen molar-refractivity contribution in [3.8, 4) is 11.5 Å². The molecule has 0 atom stereocenters. The highest BCUT2D eigenvalue weighted by molar-refractivity contribution is 5.63. The van der Waals surface area contributed by atoms with Gasteiger partial charge in [-0.2, -0.15) is 0 Å². The van der Waals surface area contributed by atoms with Gasteiger partial charge in [-0.25, -0.2) is 0 Å². The van der Waals surface area contributed by atoms with E-state index in [0.717, 1.165) is 30.8 Å². The van der Waals surface area contributed by atoms with Crippen molar-refractivity contribution in [1.82, 2.24) is 0 Å². The van der Waals surface area contributed by atoms with Crippen molar-refractivity contribution in [2.75, 3.05) is 11.4 Å². The second kappa shape index (κ2) is 4.71. The van der Waals surface area contributed by atoms with Gasteiger partial charge >= 0.3 is 0 Å². The van der Waals surface area contributed by atoms with Gasteiger partial charge in [0, 0.05) is 12.1 Å². The van der Waals surface area contributed by atoms with E-state index in [1.807, 2.05) is 6.07 Å². The topological polar surface area (TPSA) is 32.7 Å². The zero-order valence-corrected chi connectivity index (χ0v) is 11.7. The molecule has 2 rings (SSSR count). The molecule has 1 aromatic rings. The van der Waals surface area contributed by atoms with Gasteiger partial charge in [-0.1, -0.05) is 13.8 Å². The van der Waals surface area contributed by atoms with Crippen molar-refractivity contribution in [3.05, 3.63) is 18.2 Å². The first-order valence-electron chi connectivity index (χ1n) is 6.80. The maximum absolute atomic E-state index is 9.65. The first-order valence-corrected chi connectivity index (χ1v) is 6.80. The van der Waals surface area contributed by atoms with Gasteiger partial charge in [0.1, 0.15) is 17.1 Å². The third-order valence-corrected chi connectivity index (χ3v) is 3.95. The Hall–Kier alpha value is -1.38. The molecule has 1 aromatic carbocycles. The lowest BCUT2D eigenvalue weighted by molar-refractivity contribution is 0.0555. The summed E-state index contributed by atoms with van der Waals surface area (Å²) in [5.41, 5.74) is 0.899. The molecule has 18 heavy (non-hydrogen) atoms. The summed E-state index contributed by atoms with van der Waals surface area (Å²) in [5.74, 6) is 1.18.